The van der Waals surface area contributed by atoms with Crippen molar-refractivity contribution >= 4 is 17.0 Å². The molecule has 0 aliphatic carbocycles. The van der Waals surface area contributed by atoms with Crippen molar-refractivity contribution in [3.63, 3.8) is 0 Å². The molecule has 3 nitrogen and oxygen atoms in total. The molecule has 102 valence electrons. The predicted molar refractivity (Wildman–Crippen MR) is 81.1 cm³/mol. The Balaban J connectivity index is 1.92. The molecule has 4 heteroatoms. The summed E-state index contributed by atoms with van der Waals surface area (Å²) < 4.78 is 5.61. The second kappa shape index (κ2) is 6.06. The van der Waals surface area contributed by atoms with E-state index in [2.05, 4.69) is 17.2 Å². The predicted octanol–water partition coefficient (Wildman–Crippen LogP) is 4.16. The van der Waals surface area contributed by atoms with Crippen LogP contribution in [-0.2, 0) is 6.54 Å². The van der Waals surface area contributed by atoms with Gasteiger partial charge in [-0.05, 0) is 52.0 Å². The number of nitrogens with zero attached hydrogens (tertiary/aromatic N) is 1. The van der Waals surface area contributed by atoms with Gasteiger partial charge in [-0.3, -0.25) is 0 Å². The minimum absolute atomic E-state index is 0.208. The Morgan fingerprint density at radius 2 is 1.89 bits per heavy atom. The number of benzene rings is 1. The lowest BCUT2D eigenvalue weighted by Gasteiger charge is -2.10. The highest BCUT2D eigenvalue weighted by atomic mass is 32.1. The summed E-state index contributed by atoms with van der Waals surface area (Å²) in [6, 6.07) is 8.04. The standard InChI is InChI=1S/C15H20N2OS/c1-10(2)18-14-7-5-13(6-8-14)16-9-15-17-11(3)12(4)19-15/h5-8,10,16H,9H2,1-4H3. The quantitative estimate of drug-likeness (QED) is 0.890. The van der Waals surface area contributed by atoms with Gasteiger partial charge in [0.05, 0.1) is 18.3 Å². The summed E-state index contributed by atoms with van der Waals surface area (Å²) in [6.07, 6.45) is 0.208. The fourth-order valence-corrected chi connectivity index (χ4v) is 2.59. The second-order valence-electron chi connectivity index (χ2n) is 4.79. The molecule has 1 N–H and O–H groups in total. The topological polar surface area (TPSA) is 34.2 Å². The first kappa shape index (κ1) is 13.9. The summed E-state index contributed by atoms with van der Waals surface area (Å²) in [6.45, 7) is 8.98. The summed E-state index contributed by atoms with van der Waals surface area (Å²) >= 11 is 1.75. The lowest BCUT2D eigenvalue weighted by molar-refractivity contribution is 0.242. The van der Waals surface area contributed by atoms with Crippen LogP contribution in [0.4, 0.5) is 5.69 Å². The van der Waals surface area contributed by atoms with E-state index in [4.69, 9.17) is 4.74 Å². The highest BCUT2D eigenvalue weighted by Gasteiger charge is 2.03. The lowest BCUT2D eigenvalue weighted by Crippen LogP contribution is -2.05. The molecule has 0 amide bonds. The van der Waals surface area contributed by atoms with Gasteiger partial charge in [0.2, 0.25) is 0 Å². The molecule has 2 rings (SSSR count). The first-order chi connectivity index (χ1) is 9.04. The Hall–Kier alpha value is -1.55. The number of aryl methyl sites for hydroxylation is 2. The van der Waals surface area contributed by atoms with Gasteiger partial charge < -0.3 is 10.1 Å². The molecule has 0 radical (unpaired) electrons. The summed E-state index contributed by atoms with van der Waals surface area (Å²) in [7, 11) is 0. The third-order valence-corrected chi connectivity index (χ3v) is 3.82. The lowest BCUT2D eigenvalue weighted by atomic mass is 10.3. The Morgan fingerprint density at radius 1 is 1.21 bits per heavy atom. The summed E-state index contributed by atoms with van der Waals surface area (Å²) in [5, 5.41) is 4.50. The number of anilines is 1. The van der Waals surface area contributed by atoms with Crippen LogP contribution in [0.5, 0.6) is 5.75 Å². The van der Waals surface area contributed by atoms with E-state index in [-0.39, 0.29) is 6.10 Å². The fourth-order valence-electron chi connectivity index (χ4n) is 1.72. The van der Waals surface area contributed by atoms with Crippen molar-refractivity contribution in [3.8, 4) is 5.75 Å². The number of aromatic nitrogens is 1. The van der Waals surface area contributed by atoms with E-state index in [0.717, 1.165) is 28.7 Å². The van der Waals surface area contributed by atoms with Crippen LogP contribution in [0.15, 0.2) is 24.3 Å². The van der Waals surface area contributed by atoms with E-state index in [1.165, 1.54) is 4.88 Å². The Morgan fingerprint density at radius 3 is 2.42 bits per heavy atom. The Bertz CT molecular complexity index is 512. The molecule has 0 fully saturated rings. The van der Waals surface area contributed by atoms with Crippen LogP contribution in [0.25, 0.3) is 0 Å². The summed E-state index contributed by atoms with van der Waals surface area (Å²) in [4.78, 5) is 5.80. The number of rotatable bonds is 5. The maximum atomic E-state index is 5.61. The monoisotopic (exact) mass is 276 g/mol. The number of hydrogen-bond donors (Lipinski definition) is 1. The molecule has 0 unspecified atom stereocenters. The van der Waals surface area contributed by atoms with E-state index in [1.807, 2.05) is 45.0 Å². The zero-order valence-electron chi connectivity index (χ0n) is 11.9. The van der Waals surface area contributed by atoms with Crippen LogP contribution in [-0.4, -0.2) is 11.1 Å². The van der Waals surface area contributed by atoms with Crippen molar-refractivity contribution in [1.82, 2.24) is 4.98 Å². The van der Waals surface area contributed by atoms with Gasteiger partial charge in [-0.2, -0.15) is 0 Å². The normalized spacial score (nSPS) is 10.8. The van der Waals surface area contributed by atoms with Gasteiger partial charge in [0.15, 0.2) is 0 Å². The van der Waals surface area contributed by atoms with Gasteiger partial charge in [0.1, 0.15) is 10.8 Å². The largest absolute Gasteiger partial charge is 0.491 e. The van der Waals surface area contributed by atoms with Crippen molar-refractivity contribution in [2.75, 3.05) is 5.32 Å². The molecule has 0 saturated heterocycles. The van der Waals surface area contributed by atoms with Crippen LogP contribution in [0.1, 0.15) is 29.4 Å². The maximum absolute atomic E-state index is 5.61. The summed E-state index contributed by atoms with van der Waals surface area (Å²) in [5.74, 6) is 0.904. The average Bonchev–Trinajstić information content (AvgIpc) is 2.67. The van der Waals surface area contributed by atoms with E-state index >= 15 is 0 Å². The third kappa shape index (κ3) is 3.96. The molecular weight excluding hydrogens is 256 g/mol. The smallest absolute Gasteiger partial charge is 0.119 e. The van der Waals surface area contributed by atoms with Gasteiger partial charge in [-0.15, -0.1) is 11.3 Å². The fraction of sp³-hybridized carbons (Fsp3) is 0.400. The van der Waals surface area contributed by atoms with Gasteiger partial charge in [-0.25, -0.2) is 4.98 Å². The number of nitrogens with one attached hydrogen (secondary N) is 1. The molecule has 0 aliphatic rings. The van der Waals surface area contributed by atoms with Crippen molar-refractivity contribution in [1.29, 1.82) is 0 Å². The molecule has 19 heavy (non-hydrogen) atoms. The second-order valence-corrected chi connectivity index (χ2v) is 6.08. The molecule has 0 spiro atoms. The SMILES string of the molecule is Cc1nc(CNc2ccc(OC(C)C)cc2)sc1C. The molecule has 1 aromatic carbocycles. The van der Waals surface area contributed by atoms with Gasteiger partial charge in [0, 0.05) is 10.6 Å². The Kier molecular flexibility index (Phi) is 4.43. The Labute approximate surface area is 118 Å². The first-order valence-electron chi connectivity index (χ1n) is 6.48. The number of thiazole rings is 1. The van der Waals surface area contributed by atoms with Crippen molar-refractivity contribution < 1.29 is 4.74 Å². The van der Waals surface area contributed by atoms with Gasteiger partial charge in [-0.1, -0.05) is 0 Å². The van der Waals surface area contributed by atoms with Gasteiger partial charge in [0.25, 0.3) is 0 Å². The summed E-state index contributed by atoms with van der Waals surface area (Å²) in [5.41, 5.74) is 2.21. The minimum atomic E-state index is 0.208. The van der Waals surface area contributed by atoms with Gasteiger partial charge >= 0.3 is 0 Å². The molecule has 0 saturated carbocycles. The van der Waals surface area contributed by atoms with E-state index in [1.54, 1.807) is 11.3 Å². The zero-order valence-corrected chi connectivity index (χ0v) is 12.7. The molecular formula is C15H20N2OS. The molecule has 0 atom stereocenters. The van der Waals surface area contributed by atoms with Crippen molar-refractivity contribution in [2.45, 2.75) is 40.3 Å². The average molecular weight is 276 g/mol. The van der Waals surface area contributed by atoms with Crippen LogP contribution in [0, 0.1) is 13.8 Å². The molecule has 2 aromatic rings. The van der Waals surface area contributed by atoms with Crippen molar-refractivity contribution in [2.24, 2.45) is 0 Å². The molecule has 1 heterocycles. The molecule has 1 aromatic heterocycles. The van der Waals surface area contributed by atoms with Crippen molar-refractivity contribution in [3.05, 3.63) is 39.8 Å². The third-order valence-electron chi connectivity index (χ3n) is 2.74. The molecule has 0 aliphatic heterocycles. The number of ether oxygens (including phenoxy) is 1. The zero-order chi connectivity index (χ0) is 13.8. The van der Waals surface area contributed by atoms with Crippen LogP contribution in [0.3, 0.4) is 0 Å². The van der Waals surface area contributed by atoms with E-state index in [9.17, 15) is 0 Å². The van der Waals surface area contributed by atoms with Crippen LogP contribution >= 0.6 is 11.3 Å². The molecule has 0 bridgehead atoms. The number of hydrogen-bond acceptors (Lipinski definition) is 4. The van der Waals surface area contributed by atoms with Crippen LogP contribution < -0.4 is 10.1 Å². The highest BCUT2D eigenvalue weighted by Crippen LogP contribution is 2.20. The highest BCUT2D eigenvalue weighted by molar-refractivity contribution is 7.11. The van der Waals surface area contributed by atoms with E-state index in [0.29, 0.717) is 0 Å². The minimum Gasteiger partial charge on any atom is -0.491 e. The maximum Gasteiger partial charge on any atom is 0.119 e. The first-order valence-corrected chi connectivity index (χ1v) is 7.29. The van der Waals surface area contributed by atoms with E-state index < -0.39 is 0 Å². The van der Waals surface area contributed by atoms with Crippen LogP contribution in [0.2, 0.25) is 0 Å².